The highest BCUT2D eigenvalue weighted by molar-refractivity contribution is 5.85. The number of hydrogen-bond acceptors (Lipinski definition) is 3. The molecule has 2 heterocycles. The van der Waals surface area contributed by atoms with Gasteiger partial charge in [-0.3, -0.25) is 9.89 Å². The molecule has 1 aliphatic heterocycles. The first-order chi connectivity index (χ1) is 8.34. The van der Waals surface area contributed by atoms with Gasteiger partial charge >= 0.3 is 0 Å². The van der Waals surface area contributed by atoms with Crippen LogP contribution in [0.5, 0.6) is 0 Å². The summed E-state index contributed by atoms with van der Waals surface area (Å²) in [6.07, 6.45) is 6.05. The van der Waals surface area contributed by atoms with Gasteiger partial charge in [-0.2, -0.15) is 5.10 Å². The number of hydrogen-bond donors (Lipinski definition) is 3. The summed E-state index contributed by atoms with van der Waals surface area (Å²) < 4.78 is 0. The first-order valence-corrected chi connectivity index (χ1v) is 6.38. The van der Waals surface area contributed by atoms with Crippen molar-refractivity contribution in [3.63, 3.8) is 0 Å². The molecule has 100 valence electrons. The lowest BCUT2D eigenvalue weighted by Crippen LogP contribution is -2.36. The molecule has 3 N–H and O–H groups in total. The van der Waals surface area contributed by atoms with Crippen molar-refractivity contribution < 1.29 is 4.79 Å². The van der Waals surface area contributed by atoms with Crippen molar-refractivity contribution in [2.75, 3.05) is 13.1 Å². The van der Waals surface area contributed by atoms with E-state index in [2.05, 4.69) is 20.8 Å². The fourth-order valence-electron chi connectivity index (χ4n) is 2.78. The SMILES string of the molecule is Cl.O=C(NC1CCCc2cn[nH]c21)C1CCNC1. The van der Waals surface area contributed by atoms with Crippen LogP contribution >= 0.6 is 12.4 Å². The molecular formula is C12H19ClN4O. The number of nitrogens with one attached hydrogen (secondary N) is 3. The number of aryl methyl sites for hydroxylation is 1. The minimum absolute atomic E-state index is 0. The number of fused-ring (bicyclic) bond motifs is 1. The third kappa shape index (κ3) is 2.52. The van der Waals surface area contributed by atoms with E-state index in [0.29, 0.717) is 0 Å². The number of nitrogens with zero attached hydrogens (tertiary/aromatic N) is 1. The number of carbonyl (C=O) groups excluding carboxylic acids is 1. The molecule has 2 aliphatic rings. The van der Waals surface area contributed by atoms with E-state index in [-0.39, 0.29) is 30.3 Å². The summed E-state index contributed by atoms with van der Waals surface area (Å²) in [5.74, 6) is 0.325. The highest BCUT2D eigenvalue weighted by atomic mass is 35.5. The quantitative estimate of drug-likeness (QED) is 0.749. The van der Waals surface area contributed by atoms with Crippen LogP contribution in [0.2, 0.25) is 0 Å². The average Bonchev–Trinajstić information content (AvgIpc) is 3.00. The fraction of sp³-hybridized carbons (Fsp3) is 0.667. The molecule has 1 aromatic rings. The molecule has 2 atom stereocenters. The summed E-state index contributed by atoms with van der Waals surface area (Å²) in [4.78, 5) is 12.1. The van der Waals surface area contributed by atoms with Gasteiger partial charge < -0.3 is 10.6 Å². The van der Waals surface area contributed by atoms with Crippen molar-refractivity contribution in [2.45, 2.75) is 31.7 Å². The summed E-state index contributed by atoms with van der Waals surface area (Å²) >= 11 is 0. The van der Waals surface area contributed by atoms with Crippen LogP contribution in [0, 0.1) is 5.92 Å². The van der Waals surface area contributed by atoms with Crippen molar-refractivity contribution in [1.82, 2.24) is 20.8 Å². The van der Waals surface area contributed by atoms with Gasteiger partial charge in [0.2, 0.25) is 5.91 Å². The number of amides is 1. The first-order valence-electron chi connectivity index (χ1n) is 6.38. The molecule has 1 aliphatic carbocycles. The highest BCUT2D eigenvalue weighted by Gasteiger charge is 2.28. The van der Waals surface area contributed by atoms with Crippen LogP contribution in [0.15, 0.2) is 6.20 Å². The summed E-state index contributed by atoms with van der Waals surface area (Å²) in [6, 6.07) is 0.134. The first kappa shape index (κ1) is 13.4. The van der Waals surface area contributed by atoms with E-state index in [9.17, 15) is 4.79 Å². The van der Waals surface area contributed by atoms with Crippen molar-refractivity contribution in [3.8, 4) is 0 Å². The number of carbonyl (C=O) groups is 1. The zero-order chi connectivity index (χ0) is 11.7. The fourth-order valence-corrected chi connectivity index (χ4v) is 2.78. The predicted molar refractivity (Wildman–Crippen MR) is 70.6 cm³/mol. The summed E-state index contributed by atoms with van der Waals surface area (Å²) in [6.45, 7) is 1.77. The molecule has 1 fully saturated rings. The Balaban J connectivity index is 0.00000120. The summed E-state index contributed by atoms with van der Waals surface area (Å²) in [5.41, 5.74) is 2.36. The molecule has 1 aromatic heterocycles. The van der Waals surface area contributed by atoms with E-state index in [1.165, 1.54) is 5.56 Å². The van der Waals surface area contributed by atoms with Crippen LogP contribution in [0.1, 0.15) is 36.6 Å². The number of H-pyrrole nitrogens is 1. The van der Waals surface area contributed by atoms with Crippen LogP contribution in [0.4, 0.5) is 0 Å². The minimum Gasteiger partial charge on any atom is -0.347 e. The van der Waals surface area contributed by atoms with E-state index in [0.717, 1.165) is 44.5 Å². The van der Waals surface area contributed by atoms with Gasteiger partial charge in [0.05, 0.1) is 23.9 Å². The largest absolute Gasteiger partial charge is 0.347 e. The lowest BCUT2D eigenvalue weighted by atomic mass is 9.93. The van der Waals surface area contributed by atoms with Crippen LogP contribution in [-0.2, 0) is 11.2 Å². The Labute approximate surface area is 113 Å². The maximum absolute atomic E-state index is 12.1. The second kappa shape index (κ2) is 5.71. The third-order valence-corrected chi connectivity index (χ3v) is 3.79. The van der Waals surface area contributed by atoms with Crippen LogP contribution in [0.25, 0.3) is 0 Å². The van der Waals surface area contributed by atoms with Gasteiger partial charge in [-0.05, 0) is 37.8 Å². The molecule has 0 spiro atoms. The van der Waals surface area contributed by atoms with Crippen molar-refractivity contribution in [1.29, 1.82) is 0 Å². The van der Waals surface area contributed by atoms with Gasteiger partial charge in [-0.1, -0.05) is 0 Å². The maximum atomic E-state index is 12.1. The van der Waals surface area contributed by atoms with E-state index in [4.69, 9.17) is 0 Å². The van der Waals surface area contributed by atoms with Crippen LogP contribution in [0.3, 0.4) is 0 Å². The number of halogens is 1. The molecule has 0 radical (unpaired) electrons. The minimum atomic E-state index is 0. The van der Waals surface area contributed by atoms with E-state index < -0.39 is 0 Å². The van der Waals surface area contributed by atoms with Gasteiger partial charge in [0.1, 0.15) is 0 Å². The van der Waals surface area contributed by atoms with Crippen molar-refractivity contribution in [2.24, 2.45) is 5.92 Å². The Hall–Kier alpha value is -1.07. The Morgan fingerprint density at radius 1 is 1.44 bits per heavy atom. The summed E-state index contributed by atoms with van der Waals surface area (Å²) in [7, 11) is 0. The Morgan fingerprint density at radius 3 is 3.11 bits per heavy atom. The number of aromatic amines is 1. The molecule has 5 nitrogen and oxygen atoms in total. The maximum Gasteiger partial charge on any atom is 0.224 e. The standard InChI is InChI=1S/C12H18N4O.ClH/c17-12(9-4-5-13-6-9)15-10-3-1-2-8-7-14-16-11(8)10;/h7,9-10,13H,1-6H2,(H,14,16)(H,15,17);1H. The molecular weight excluding hydrogens is 252 g/mol. The van der Waals surface area contributed by atoms with Gasteiger partial charge in [0, 0.05) is 6.54 Å². The molecule has 3 rings (SSSR count). The lowest BCUT2D eigenvalue weighted by molar-refractivity contribution is -0.125. The van der Waals surface area contributed by atoms with Gasteiger partial charge in [-0.15, -0.1) is 12.4 Å². The Kier molecular flexibility index (Phi) is 4.24. The normalized spacial score (nSPS) is 26.2. The van der Waals surface area contributed by atoms with Crippen molar-refractivity contribution >= 4 is 18.3 Å². The topological polar surface area (TPSA) is 69.8 Å². The zero-order valence-electron chi connectivity index (χ0n) is 10.2. The molecule has 0 aromatic carbocycles. The predicted octanol–water partition coefficient (Wildman–Crippen LogP) is 0.935. The molecule has 1 saturated heterocycles. The Morgan fingerprint density at radius 2 is 2.33 bits per heavy atom. The zero-order valence-corrected chi connectivity index (χ0v) is 11.1. The van der Waals surface area contributed by atoms with Crippen molar-refractivity contribution in [3.05, 3.63) is 17.5 Å². The monoisotopic (exact) mass is 270 g/mol. The van der Waals surface area contributed by atoms with Gasteiger partial charge in [-0.25, -0.2) is 0 Å². The molecule has 1 amide bonds. The molecule has 0 bridgehead atoms. The lowest BCUT2D eigenvalue weighted by Gasteiger charge is -2.24. The van der Waals surface area contributed by atoms with E-state index in [1.54, 1.807) is 0 Å². The molecule has 2 unspecified atom stereocenters. The second-order valence-electron chi connectivity index (χ2n) is 4.95. The Bertz CT molecular complexity index is 414. The smallest absolute Gasteiger partial charge is 0.224 e. The number of aromatic nitrogens is 2. The second-order valence-corrected chi connectivity index (χ2v) is 4.95. The van der Waals surface area contributed by atoms with Crippen LogP contribution in [-0.4, -0.2) is 29.2 Å². The van der Waals surface area contributed by atoms with E-state index in [1.807, 2.05) is 6.20 Å². The molecule has 0 saturated carbocycles. The average molecular weight is 271 g/mol. The van der Waals surface area contributed by atoms with Gasteiger partial charge in [0.25, 0.3) is 0 Å². The molecule has 6 heteroatoms. The molecule has 18 heavy (non-hydrogen) atoms. The van der Waals surface area contributed by atoms with E-state index >= 15 is 0 Å². The highest BCUT2D eigenvalue weighted by Crippen LogP contribution is 2.28. The summed E-state index contributed by atoms with van der Waals surface area (Å²) in [5, 5.41) is 13.5. The van der Waals surface area contributed by atoms with Crippen LogP contribution < -0.4 is 10.6 Å². The van der Waals surface area contributed by atoms with Gasteiger partial charge in [0.15, 0.2) is 0 Å². The number of rotatable bonds is 2. The third-order valence-electron chi connectivity index (χ3n) is 3.79.